The third-order valence-electron chi connectivity index (χ3n) is 2.54. The fourth-order valence-electron chi connectivity index (χ4n) is 1.58. The number of halogens is 1. The van der Waals surface area contributed by atoms with Gasteiger partial charge in [-0.15, -0.1) is 0 Å². The van der Waals surface area contributed by atoms with Crippen molar-refractivity contribution < 1.29 is 23.8 Å². The first-order chi connectivity index (χ1) is 10.0. The van der Waals surface area contributed by atoms with Gasteiger partial charge in [-0.3, -0.25) is 4.79 Å². The standard InChI is InChI=1S/C15H12FNO4/c16-11-4-6-12(7-5-11)17-14(19)9-21-15(20)10-2-1-3-13(18)8-10/h1-8,18H,9H2,(H,17,19). The van der Waals surface area contributed by atoms with Gasteiger partial charge in [0.25, 0.3) is 5.91 Å². The van der Waals surface area contributed by atoms with Crippen LogP contribution in [-0.2, 0) is 9.53 Å². The molecule has 0 aliphatic carbocycles. The van der Waals surface area contributed by atoms with Gasteiger partial charge in [0, 0.05) is 5.69 Å². The van der Waals surface area contributed by atoms with Crippen LogP contribution in [0.25, 0.3) is 0 Å². The summed E-state index contributed by atoms with van der Waals surface area (Å²) in [6.07, 6.45) is 0. The lowest BCUT2D eigenvalue weighted by Crippen LogP contribution is -2.20. The van der Waals surface area contributed by atoms with Crippen LogP contribution < -0.4 is 5.32 Å². The fourth-order valence-corrected chi connectivity index (χ4v) is 1.58. The Kier molecular flexibility index (Phi) is 4.50. The molecule has 108 valence electrons. The molecule has 5 nitrogen and oxygen atoms in total. The highest BCUT2D eigenvalue weighted by molar-refractivity contribution is 5.95. The van der Waals surface area contributed by atoms with Gasteiger partial charge in [0.1, 0.15) is 11.6 Å². The van der Waals surface area contributed by atoms with Crippen molar-refractivity contribution in [1.82, 2.24) is 0 Å². The Morgan fingerprint density at radius 1 is 1.14 bits per heavy atom. The fraction of sp³-hybridized carbons (Fsp3) is 0.0667. The zero-order chi connectivity index (χ0) is 15.2. The monoisotopic (exact) mass is 289 g/mol. The summed E-state index contributed by atoms with van der Waals surface area (Å²) in [5.74, 6) is -1.75. The lowest BCUT2D eigenvalue weighted by atomic mass is 10.2. The van der Waals surface area contributed by atoms with Crippen LogP contribution in [-0.4, -0.2) is 23.6 Å². The molecular formula is C15H12FNO4. The number of esters is 1. The van der Waals surface area contributed by atoms with E-state index in [4.69, 9.17) is 4.74 Å². The van der Waals surface area contributed by atoms with E-state index in [1.165, 1.54) is 48.5 Å². The molecule has 0 radical (unpaired) electrons. The second kappa shape index (κ2) is 6.51. The first-order valence-electron chi connectivity index (χ1n) is 6.06. The molecule has 0 fully saturated rings. The number of nitrogens with one attached hydrogen (secondary N) is 1. The van der Waals surface area contributed by atoms with Crippen LogP contribution >= 0.6 is 0 Å². The Labute approximate surface area is 120 Å². The Hall–Kier alpha value is -2.89. The third-order valence-corrected chi connectivity index (χ3v) is 2.54. The van der Waals surface area contributed by atoms with E-state index in [1.807, 2.05) is 0 Å². The molecule has 21 heavy (non-hydrogen) atoms. The van der Waals surface area contributed by atoms with Crippen LogP contribution in [0.15, 0.2) is 48.5 Å². The minimum atomic E-state index is -0.722. The van der Waals surface area contributed by atoms with Gasteiger partial charge in [0.15, 0.2) is 6.61 Å². The summed E-state index contributed by atoms with van der Waals surface area (Å²) in [7, 11) is 0. The van der Waals surface area contributed by atoms with Crippen molar-refractivity contribution in [2.24, 2.45) is 0 Å². The van der Waals surface area contributed by atoms with E-state index in [0.717, 1.165) is 0 Å². The van der Waals surface area contributed by atoms with Crippen LogP contribution in [0.5, 0.6) is 5.75 Å². The van der Waals surface area contributed by atoms with E-state index in [0.29, 0.717) is 5.69 Å². The van der Waals surface area contributed by atoms with Crippen LogP contribution in [0.4, 0.5) is 10.1 Å². The first kappa shape index (κ1) is 14.5. The highest BCUT2D eigenvalue weighted by Gasteiger charge is 2.10. The summed E-state index contributed by atoms with van der Waals surface area (Å²) in [4.78, 5) is 23.2. The smallest absolute Gasteiger partial charge is 0.338 e. The summed E-state index contributed by atoms with van der Waals surface area (Å²) in [5.41, 5.74) is 0.541. The summed E-state index contributed by atoms with van der Waals surface area (Å²) >= 11 is 0. The minimum absolute atomic E-state index is 0.0692. The van der Waals surface area contributed by atoms with E-state index in [-0.39, 0.29) is 11.3 Å². The Balaban J connectivity index is 1.86. The van der Waals surface area contributed by atoms with Crippen LogP contribution in [0.1, 0.15) is 10.4 Å². The zero-order valence-corrected chi connectivity index (χ0v) is 10.9. The number of amides is 1. The number of hydrogen-bond donors (Lipinski definition) is 2. The Bertz CT molecular complexity index is 655. The molecule has 0 aliphatic rings. The number of phenols is 1. The number of ether oxygens (including phenoxy) is 1. The second-order valence-electron chi connectivity index (χ2n) is 4.18. The average molecular weight is 289 g/mol. The SMILES string of the molecule is O=C(COC(=O)c1cccc(O)c1)Nc1ccc(F)cc1. The maximum absolute atomic E-state index is 12.7. The number of aromatic hydroxyl groups is 1. The molecule has 1 amide bonds. The van der Waals surface area contributed by atoms with Crippen molar-refractivity contribution in [3.8, 4) is 5.75 Å². The van der Waals surface area contributed by atoms with Gasteiger partial charge in [-0.25, -0.2) is 9.18 Å². The Morgan fingerprint density at radius 3 is 2.52 bits per heavy atom. The topological polar surface area (TPSA) is 75.6 Å². The molecule has 0 unspecified atom stereocenters. The molecule has 0 spiro atoms. The molecule has 6 heteroatoms. The van der Waals surface area contributed by atoms with Crippen molar-refractivity contribution >= 4 is 17.6 Å². The lowest BCUT2D eigenvalue weighted by Gasteiger charge is -2.06. The molecule has 2 rings (SSSR count). The number of rotatable bonds is 4. The number of carbonyl (C=O) groups is 2. The molecule has 2 N–H and O–H groups in total. The molecule has 0 bridgehead atoms. The Morgan fingerprint density at radius 2 is 1.86 bits per heavy atom. The number of benzene rings is 2. The maximum Gasteiger partial charge on any atom is 0.338 e. The first-order valence-corrected chi connectivity index (χ1v) is 6.06. The molecule has 0 saturated heterocycles. The van der Waals surface area contributed by atoms with E-state index in [9.17, 15) is 19.1 Å². The van der Waals surface area contributed by atoms with Crippen molar-refractivity contribution in [3.05, 3.63) is 59.9 Å². The second-order valence-corrected chi connectivity index (χ2v) is 4.18. The number of phenolic OH excluding ortho intramolecular Hbond substituents is 1. The molecule has 0 heterocycles. The van der Waals surface area contributed by atoms with E-state index in [1.54, 1.807) is 0 Å². The van der Waals surface area contributed by atoms with Crippen LogP contribution in [0, 0.1) is 5.82 Å². The molecule has 0 aromatic heterocycles. The van der Waals surface area contributed by atoms with Crippen LogP contribution in [0.2, 0.25) is 0 Å². The summed E-state index contributed by atoms with van der Waals surface area (Å²) in [6, 6.07) is 10.8. The van der Waals surface area contributed by atoms with Crippen LogP contribution in [0.3, 0.4) is 0 Å². The van der Waals surface area contributed by atoms with E-state index >= 15 is 0 Å². The van der Waals surface area contributed by atoms with Crippen molar-refractivity contribution in [2.75, 3.05) is 11.9 Å². The molecule has 2 aromatic rings. The van der Waals surface area contributed by atoms with Gasteiger partial charge in [-0.05, 0) is 42.5 Å². The summed E-state index contributed by atoms with van der Waals surface area (Å²) < 4.78 is 17.5. The minimum Gasteiger partial charge on any atom is -0.508 e. The zero-order valence-electron chi connectivity index (χ0n) is 10.9. The number of hydrogen-bond acceptors (Lipinski definition) is 4. The molecule has 0 atom stereocenters. The predicted molar refractivity (Wildman–Crippen MR) is 73.4 cm³/mol. The van der Waals surface area contributed by atoms with Crippen molar-refractivity contribution in [2.45, 2.75) is 0 Å². The van der Waals surface area contributed by atoms with Crippen molar-refractivity contribution in [1.29, 1.82) is 0 Å². The number of anilines is 1. The van der Waals surface area contributed by atoms with Gasteiger partial charge < -0.3 is 15.2 Å². The molecular weight excluding hydrogens is 277 g/mol. The largest absolute Gasteiger partial charge is 0.508 e. The molecule has 0 saturated carbocycles. The van der Waals surface area contributed by atoms with E-state index in [2.05, 4.69) is 5.32 Å². The lowest BCUT2D eigenvalue weighted by molar-refractivity contribution is -0.119. The van der Waals surface area contributed by atoms with E-state index < -0.39 is 24.3 Å². The predicted octanol–water partition coefficient (Wildman–Crippen LogP) is 2.33. The average Bonchev–Trinajstić information content (AvgIpc) is 2.47. The number of carbonyl (C=O) groups excluding carboxylic acids is 2. The quantitative estimate of drug-likeness (QED) is 0.847. The summed E-state index contributed by atoms with van der Waals surface area (Å²) in [6.45, 7) is -0.480. The highest BCUT2D eigenvalue weighted by Crippen LogP contribution is 2.12. The normalized spacial score (nSPS) is 9.95. The summed E-state index contributed by atoms with van der Waals surface area (Å²) in [5, 5.41) is 11.7. The maximum atomic E-state index is 12.7. The highest BCUT2D eigenvalue weighted by atomic mass is 19.1. The van der Waals surface area contributed by atoms with Crippen molar-refractivity contribution in [3.63, 3.8) is 0 Å². The van der Waals surface area contributed by atoms with Gasteiger partial charge >= 0.3 is 5.97 Å². The van der Waals surface area contributed by atoms with Gasteiger partial charge in [-0.1, -0.05) is 6.07 Å². The van der Waals surface area contributed by atoms with Gasteiger partial charge in [-0.2, -0.15) is 0 Å². The molecule has 0 aliphatic heterocycles. The third kappa shape index (κ3) is 4.31. The molecule has 2 aromatic carbocycles. The van der Waals surface area contributed by atoms with Gasteiger partial charge in [0.05, 0.1) is 5.56 Å². The van der Waals surface area contributed by atoms with Gasteiger partial charge in [0.2, 0.25) is 0 Å².